The van der Waals surface area contributed by atoms with Crippen LogP contribution in [0.3, 0.4) is 0 Å². The van der Waals surface area contributed by atoms with Gasteiger partial charge in [-0.15, -0.1) is 0 Å². The Labute approximate surface area is 77.6 Å². The van der Waals surface area contributed by atoms with E-state index in [1.54, 1.807) is 13.4 Å². The Kier molecular flexibility index (Phi) is 3.18. The van der Waals surface area contributed by atoms with Crippen LogP contribution in [0.2, 0.25) is 5.02 Å². The number of aryl methyl sites for hydroxylation is 1. The molecule has 2 heteroatoms. The lowest BCUT2D eigenvalue weighted by Crippen LogP contribution is -1.81. The van der Waals surface area contributed by atoms with Crippen LogP contribution >= 0.6 is 11.6 Å². The maximum atomic E-state index is 5.96. The minimum absolute atomic E-state index is 0.753. The number of halogens is 1. The first kappa shape index (κ1) is 9.14. The first-order valence-corrected chi connectivity index (χ1v) is 4.08. The van der Waals surface area contributed by atoms with Gasteiger partial charge in [-0.05, 0) is 30.2 Å². The van der Waals surface area contributed by atoms with Gasteiger partial charge in [0, 0.05) is 5.02 Å². The van der Waals surface area contributed by atoms with Crippen molar-refractivity contribution in [1.29, 1.82) is 0 Å². The third-order valence-corrected chi connectivity index (χ3v) is 1.97. The van der Waals surface area contributed by atoms with Crippen molar-refractivity contribution in [3.05, 3.63) is 40.6 Å². The van der Waals surface area contributed by atoms with Crippen LogP contribution < -0.4 is 0 Å². The zero-order chi connectivity index (χ0) is 8.97. The highest BCUT2D eigenvalue weighted by molar-refractivity contribution is 6.32. The van der Waals surface area contributed by atoms with E-state index in [0.29, 0.717) is 0 Å². The number of benzene rings is 1. The quantitative estimate of drug-likeness (QED) is 0.638. The van der Waals surface area contributed by atoms with Gasteiger partial charge in [0.2, 0.25) is 0 Å². The van der Waals surface area contributed by atoms with Gasteiger partial charge in [-0.25, -0.2) is 0 Å². The molecule has 0 fully saturated rings. The molecule has 0 spiro atoms. The van der Waals surface area contributed by atoms with Crippen LogP contribution in [0.4, 0.5) is 0 Å². The minimum Gasteiger partial charge on any atom is -0.504 e. The summed E-state index contributed by atoms with van der Waals surface area (Å²) in [6.07, 6.45) is 3.48. The van der Waals surface area contributed by atoms with E-state index in [1.807, 2.05) is 31.2 Å². The Hall–Kier alpha value is -0.950. The molecule has 1 aromatic rings. The van der Waals surface area contributed by atoms with Crippen LogP contribution in [0.15, 0.2) is 24.5 Å². The fourth-order valence-corrected chi connectivity index (χ4v) is 1.28. The fraction of sp³-hybridized carbons (Fsp3) is 0.200. The van der Waals surface area contributed by atoms with E-state index in [1.165, 1.54) is 0 Å². The number of methoxy groups -OCH3 is 1. The number of hydrogen-bond donors (Lipinski definition) is 0. The molecule has 0 N–H and O–H groups in total. The summed E-state index contributed by atoms with van der Waals surface area (Å²) in [5.41, 5.74) is 2.16. The normalized spacial score (nSPS) is 10.6. The second kappa shape index (κ2) is 4.17. The van der Waals surface area contributed by atoms with Crippen molar-refractivity contribution >= 4 is 17.7 Å². The van der Waals surface area contributed by atoms with Gasteiger partial charge in [-0.3, -0.25) is 0 Å². The fourth-order valence-electron chi connectivity index (χ4n) is 0.992. The van der Waals surface area contributed by atoms with Crippen LogP contribution in [0, 0.1) is 6.92 Å². The van der Waals surface area contributed by atoms with E-state index in [2.05, 4.69) is 0 Å². The van der Waals surface area contributed by atoms with Crippen molar-refractivity contribution in [2.45, 2.75) is 6.92 Å². The van der Waals surface area contributed by atoms with Gasteiger partial charge in [0.15, 0.2) is 0 Å². The molecule has 0 amide bonds. The van der Waals surface area contributed by atoms with Crippen molar-refractivity contribution in [2.24, 2.45) is 0 Å². The Morgan fingerprint density at radius 1 is 1.42 bits per heavy atom. The lowest BCUT2D eigenvalue weighted by molar-refractivity contribution is 0.341. The molecular weight excluding hydrogens is 172 g/mol. The summed E-state index contributed by atoms with van der Waals surface area (Å²) in [6, 6.07) is 5.81. The zero-order valence-electron chi connectivity index (χ0n) is 7.17. The monoisotopic (exact) mass is 182 g/mol. The Balaban J connectivity index is 3.04. The van der Waals surface area contributed by atoms with Crippen molar-refractivity contribution in [2.75, 3.05) is 7.11 Å². The maximum absolute atomic E-state index is 5.96. The molecule has 0 aliphatic heterocycles. The third-order valence-electron chi connectivity index (χ3n) is 1.64. The highest BCUT2D eigenvalue weighted by Gasteiger charge is 1.98. The largest absolute Gasteiger partial charge is 0.504 e. The molecule has 0 atom stereocenters. The molecule has 0 saturated carbocycles. The predicted molar refractivity (Wildman–Crippen MR) is 52.2 cm³/mol. The number of ether oxygens (including phenoxy) is 1. The highest BCUT2D eigenvalue weighted by atomic mass is 35.5. The van der Waals surface area contributed by atoms with Crippen LogP contribution in [-0.2, 0) is 4.74 Å². The highest BCUT2D eigenvalue weighted by Crippen LogP contribution is 2.20. The first-order chi connectivity index (χ1) is 5.75. The standard InChI is InChI=1S/C10H11ClO/c1-8-4-3-5-10(11)9(8)6-7-12-2/h3-7H,1-2H3/b7-6+. The summed E-state index contributed by atoms with van der Waals surface area (Å²) < 4.78 is 4.82. The molecule has 0 bridgehead atoms. The van der Waals surface area contributed by atoms with Crippen LogP contribution in [0.1, 0.15) is 11.1 Å². The van der Waals surface area contributed by atoms with Gasteiger partial charge in [-0.1, -0.05) is 23.7 Å². The van der Waals surface area contributed by atoms with Gasteiger partial charge in [0.25, 0.3) is 0 Å². The van der Waals surface area contributed by atoms with E-state index in [4.69, 9.17) is 16.3 Å². The van der Waals surface area contributed by atoms with Crippen LogP contribution in [-0.4, -0.2) is 7.11 Å². The first-order valence-electron chi connectivity index (χ1n) is 3.70. The molecule has 1 rings (SSSR count). The molecule has 0 aromatic heterocycles. The van der Waals surface area contributed by atoms with Gasteiger partial charge >= 0.3 is 0 Å². The SMILES string of the molecule is CO/C=C/c1c(C)cccc1Cl. The summed E-state index contributed by atoms with van der Waals surface area (Å²) in [5, 5.41) is 0.753. The maximum Gasteiger partial charge on any atom is 0.0831 e. The zero-order valence-corrected chi connectivity index (χ0v) is 7.93. The van der Waals surface area contributed by atoms with E-state index in [0.717, 1.165) is 16.1 Å². The summed E-state index contributed by atoms with van der Waals surface area (Å²) in [4.78, 5) is 0. The minimum atomic E-state index is 0.753. The van der Waals surface area contributed by atoms with Crippen molar-refractivity contribution < 1.29 is 4.74 Å². The Morgan fingerprint density at radius 3 is 2.75 bits per heavy atom. The summed E-state index contributed by atoms with van der Waals surface area (Å²) in [6.45, 7) is 2.02. The molecule has 0 radical (unpaired) electrons. The van der Waals surface area contributed by atoms with Crippen molar-refractivity contribution in [1.82, 2.24) is 0 Å². The second-order valence-corrected chi connectivity index (χ2v) is 2.92. The smallest absolute Gasteiger partial charge is 0.0831 e. The third kappa shape index (κ3) is 2.02. The van der Waals surface area contributed by atoms with Crippen molar-refractivity contribution in [3.8, 4) is 0 Å². The van der Waals surface area contributed by atoms with Crippen molar-refractivity contribution in [3.63, 3.8) is 0 Å². The lowest BCUT2D eigenvalue weighted by Gasteiger charge is -2.01. The van der Waals surface area contributed by atoms with E-state index in [-0.39, 0.29) is 0 Å². The average Bonchev–Trinajstić information content (AvgIpc) is 2.04. The molecule has 0 aliphatic carbocycles. The van der Waals surface area contributed by atoms with Gasteiger partial charge < -0.3 is 4.74 Å². The topological polar surface area (TPSA) is 9.23 Å². The molecule has 0 aliphatic rings. The van der Waals surface area contributed by atoms with Gasteiger partial charge in [0.1, 0.15) is 0 Å². The lowest BCUT2D eigenvalue weighted by atomic mass is 10.1. The van der Waals surface area contributed by atoms with E-state index >= 15 is 0 Å². The molecule has 0 unspecified atom stereocenters. The molecule has 64 valence electrons. The molecule has 0 heterocycles. The predicted octanol–water partition coefficient (Wildman–Crippen LogP) is 3.27. The Morgan fingerprint density at radius 2 is 2.17 bits per heavy atom. The summed E-state index contributed by atoms with van der Waals surface area (Å²) in [7, 11) is 1.61. The molecule has 1 nitrogen and oxygen atoms in total. The number of hydrogen-bond acceptors (Lipinski definition) is 1. The number of rotatable bonds is 2. The van der Waals surface area contributed by atoms with E-state index < -0.39 is 0 Å². The Bertz CT molecular complexity index is 272. The van der Waals surface area contributed by atoms with Crippen LogP contribution in [0.5, 0.6) is 0 Å². The van der Waals surface area contributed by atoms with Crippen LogP contribution in [0.25, 0.3) is 6.08 Å². The molecular formula is C10H11ClO. The second-order valence-electron chi connectivity index (χ2n) is 2.51. The molecule has 0 saturated heterocycles. The summed E-state index contributed by atoms with van der Waals surface area (Å²) >= 11 is 5.96. The summed E-state index contributed by atoms with van der Waals surface area (Å²) in [5.74, 6) is 0. The van der Waals surface area contributed by atoms with Gasteiger partial charge in [-0.2, -0.15) is 0 Å². The molecule has 1 aromatic carbocycles. The average molecular weight is 183 g/mol. The van der Waals surface area contributed by atoms with E-state index in [9.17, 15) is 0 Å². The molecule has 12 heavy (non-hydrogen) atoms. The van der Waals surface area contributed by atoms with Gasteiger partial charge in [0.05, 0.1) is 13.4 Å².